The smallest absolute Gasteiger partial charge is 0.0843 e. The van der Waals surface area contributed by atoms with Crippen molar-refractivity contribution in [1.29, 1.82) is 0 Å². The maximum absolute atomic E-state index is 3.51. The van der Waals surface area contributed by atoms with Crippen molar-refractivity contribution in [3.05, 3.63) is 19.2 Å². The predicted octanol–water partition coefficient (Wildman–Crippen LogP) is 4.12. The average molecular weight is 348 g/mol. The molecule has 0 saturated carbocycles. The van der Waals surface area contributed by atoms with Gasteiger partial charge >= 0.3 is 0 Å². The van der Waals surface area contributed by atoms with Crippen molar-refractivity contribution >= 4 is 55.6 Å². The Hall–Kier alpha value is 0.910. The van der Waals surface area contributed by atoms with Gasteiger partial charge in [-0.05, 0) is 57.3 Å². The van der Waals surface area contributed by atoms with E-state index in [-0.39, 0.29) is 12.4 Å². The third kappa shape index (κ3) is 2.69. The van der Waals surface area contributed by atoms with E-state index in [2.05, 4.69) is 43.2 Å². The van der Waals surface area contributed by atoms with Gasteiger partial charge in [-0.3, -0.25) is 0 Å². The van der Waals surface area contributed by atoms with Crippen LogP contribution >= 0.6 is 55.6 Å². The van der Waals surface area contributed by atoms with Crippen molar-refractivity contribution in [2.45, 2.75) is 18.9 Å². The molecule has 1 saturated heterocycles. The second-order valence-corrected chi connectivity index (χ2v) is 6.18. The highest BCUT2D eigenvalue weighted by molar-refractivity contribution is 9.13. The molecule has 1 aliphatic rings. The molecular weight excluding hydrogens is 337 g/mol. The van der Waals surface area contributed by atoms with Gasteiger partial charge in [-0.15, -0.1) is 23.7 Å². The fraction of sp³-hybridized carbons (Fsp3) is 0.500. The van der Waals surface area contributed by atoms with Gasteiger partial charge in [0.2, 0.25) is 0 Å². The van der Waals surface area contributed by atoms with Gasteiger partial charge in [0.15, 0.2) is 0 Å². The van der Waals surface area contributed by atoms with Gasteiger partial charge in [0.25, 0.3) is 0 Å². The van der Waals surface area contributed by atoms with Crippen LogP contribution in [-0.2, 0) is 0 Å². The summed E-state index contributed by atoms with van der Waals surface area (Å²) in [5.74, 6) is 0. The van der Waals surface area contributed by atoms with Crippen LogP contribution in [-0.4, -0.2) is 6.54 Å². The quantitative estimate of drug-likeness (QED) is 0.806. The zero-order valence-electron chi connectivity index (χ0n) is 6.85. The Labute approximate surface area is 105 Å². The second-order valence-electron chi connectivity index (χ2n) is 2.92. The van der Waals surface area contributed by atoms with E-state index >= 15 is 0 Å². The third-order valence-electron chi connectivity index (χ3n) is 2.07. The molecule has 2 rings (SSSR count). The molecule has 0 radical (unpaired) electrons. The maximum atomic E-state index is 3.51. The molecule has 1 fully saturated rings. The first-order valence-corrected chi connectivity index (χ1v) is 6.36. The molecule has 1 aromatic heterocycles. The summed E-state index contributed by atoms with van der Waals surface area (Å²) in [6.45, 7) is 1.16. The van der Waals surface area contributed by atoms with Crippen LogP contribution in [0.1, 0.15) is 23.8 Å². The number of thiophene rings is 1. The molecule has 1 nitrogen and oxygen atoms in total. The van der Waals surface area contributed by atoms with Crippen LogP contribution in [0, 0.1) is 0 Å². The van der Waals surface area contributed by atoms with Crippen LogP contribution in [0.15, 0.2) is 14.3 Å². The van der Waals surface area contributed by atoms with Crippen LogP contribution in [0.2, 0.25) is 0 Å². The van der Waals surface area contributed by atoms with Gasteiger partial charge in [0, 0.05) is 15.4 Å². The molecule has 74 valence electrons. The minimum absolute atomic E-state index is 0. The molecule has 2 heterocycles. The van der Waals surface area contributed by atoms with E-state index in [1.165, 1.54) is 26.0 Å². The van der Waals surface area contributed by atoms with Gasteiger partial charge < -0.3 is 5.32 Å². The molecule has 1 atom stereocenters. The minimum atomic E-state index is 0. The monoisotopic (exact) mass is 345 g/mol. The SMILES string of the molecule is Brc1cc([C@@H]2CCCN2)sc1Br.Cl. The lowest BCUT2D eigenvalue weighted by Crippen LogP contribution is -2.11. The van der Waals surface area contributed by atoms with E-state index in [0.717, 1.165) is 6.54 Å². The number of rotatable bonds is 1. The van der Waals surface area contributed by atoms with Crippen molar-refractivity contribution in [2.24, 2.45) is 0 Å². The van der Waals surface area contributed by atoms with E-state index in [0.29, 0.717) is 6.04 Å². The zero-order valence-corrected chi connectivity index (χ0v) is 11.7. The molecule has 0 amide bonds. The Morgan fingerprint density at radius 2 is 2.23 bits per heavy atom. The molecule has 0 unspecified atom stereocenters. The first kappa shape index (κ1) is 12.0. The summed E-state index contributed by atoms with van der Waals surface area (Å²) in [6, 6.07) is 2.80. The molecule has 1 aromatic rings. The van der Waals surface area contributed by atoms with Gasteiger partial charge in [-0.1, -0.05) is 0 Å². The first-order valence-electron chi connectivity index (χ1n) is 3.95. The van der Waals surface area contributed by atoms with Crippen LogP contribution in [0.3, 0.4) is 0 Å². The van der Waals surface area contributed by atoms with Gasteiger partial charge in [0.1, 0.15) is 0 Å². The molecule has 0 spiro atoms. The molecule has 1 aliphatic heterocycles. The molecule has 0 aliphatic carbocycles. The molecule has 5 heteroatoms. The van der Waals surface area contributed by atoms with E-state index in [4.69, 9.17) is 0 Å². The molecule has 0 aromatic carbocycles. The molecule has 0 bridgehead atoms. The number of nitrogens with one attached hydrogen (secondary N) is 1. The fourth-order valence-corrected chi connectivity index (χ4v) is 3.66. The second kappa shape index (κ2) is 5.12. The predicted molar refractivity (Wildman–Crippen MR) is 66.9 cm³/mol. The average Bonchev–Trinajstić information content (AvgIpc) is 2.61. The van der Waals surface area contributed by atoms with Crippen molar-refractivity contribution in [2.75, 3.05) is 6.54 Å². The Morgan fingerprint density at radius 1 is 1.46 bits per heavy atom. The van der Waals surface area contributed by atoms with Crippen LogP contribution < -0.4 is 5.32 Å². The Bertz CT molecular complexity index is 264. The van der Waals surface area contributed by atoms with Gasteiger partial charge in [-0.2, -0.15) is 0 Å². The van der Waals surface area contributed by atoms with Gasteiger partial charge in [0.05, 0.1) is 3.79 Å². The number of hydrogen-bond acceptors (Lipinski definition) is 2. The lowest BCUT2D eigenvalue weighted by molar-refractivity contribution is 0.659. The largest absolute Gasteiger partial charge is 0.309 e. The first-order chi connectivity index (χ1) is 5.77. The highest BCUT2D eigenvalue weighted by Gasteiger charge is 2.18. The molecular formula is C8H10Br2ClNS. The van der Waals surface area contributed by atoms with E-state index in [1.807, 2.05) is 11.3 Å². The minimum Gasteiger partial charge on any atom is -0.309 e. The Balaban J connectivity index is 0.000000845. The summed E-state index contributed by atoms with van der Waals surface area (Å²) in [5, 5.41) is 3.48. The molecule has 13 heavy (non-hydrogen) atoms. The molecule has 1 N–H and O–H groups in total. The van der Waals surface area contributed by atoms with E-state index in [1.54, 1.807) is 0 Å². The summed E-state index contributed by atoms with van der Waals surface area (Å²) in [4.78, 5) is 1.44. The highest BCUT2D eigenvalue weighted by atomic mass is 79.9. The van der Waals surface area contributed by atoms with Crippen molar-refractivity contribution in [3.8, 4) is 0 Å². The summed E-state index contributed by atoms with van der Waals surface area (Å²) in [6.07, 6.45) is 2.58. The normalized spacial score (nSPS) is 21.5. The van der Waals surface area contributed by atoms with Crippen LogP contribution in [0.5, 0.6) is 0 Å². The summed E-state index contributed by atoms with van der Waals surface area (Å²) < 4.78 is 2.38. The standard InChI is InChI=1S/C8H9Br2NS.ClH/c9-5-4-7(12-8(5)10)6-2-1-3-11-6;/h4,6,11H,1-3H2;1H/t6-;/m0./s1. The lowest BCUT2D eigenvalue weighted by atomic mass is 10.2. The number of hydrogen-bond donors (Lipinski definition) is 1. The van der Waals surface area contributed by atoms with Crippen molar-refractivity contribution in [3.63, 3.8) is 0 Å². The fourth-order valence-electron chi connectivity index (χ4n) is 1.46. The third-order valence-corrected chi connectivity index (χ3v) is 5.44. The van der Waals surface area contributed by atoms with Crippen molar-refractivity contribution in [1.82, 2.24) is 5.32 Å². The number of halogens is 3. The highest BCUT2D eigenvalue weighted by Crippen LogP contribution is 2.37. The zero-order chi connectivity index (χ0) is 8.55. The lowest BCUT2D eigenvalue weighted by Gasteiger charge is -2.05. The van der Waals surface area contributed by atoms with Crippen LogP contribution in [0.4, 0.5) is 0 Å². The summed E-state index contributed by atoms with van der Waals surface area (Å²) >= 11 is 8.82. The van der Waals surface area contributed by atoms with Gasteiger partial charge in [-0.25, -0.2) is 0 Å². The summed E-state index contributed by atoms with van der Waals surface area (Å²) in [5.41, 5.74) is 0. The Kier molecular flexibility index (Phi) is 4.72. The van der Waals surface area contributed by atoms with Crippen LogP contribution in [0.25, 0.3) is 0 Å². The maximum Gasteiger partial charge on any atom is 0.0843 e. The summed E-state index contributed by atoms with van der Waals surface area (Å²) in [7, 11) is 0. The Morgan fingerprint density at radius 3 is 2.69 bits per heavy atom. The van der Waals surface area contributed by atoms with Crippen molar-refractivity contribution < 1.29 is 0 Å². The topological polar surface area (TPSA) is 12.0 Å². The van der Waals surface area contributed by atoms with E-state index < -0.39 is 0 Å². The van der Waals surface area contributed by atoms with E-state index in [9.17, 15) is 0 Å².